The maximum absolute atomic E-state index is 12.3. The van der Waals surface area contributed by atoms with Crippen molar-refractivity contribution in [1.82, 2.24) is 4.31 Å². The third-order valence-electron chi connectivity index (χ3n) is 2.90. The summed E-state index contributed by atoms with van der Waals surface area (Å²) in [6, 6.07) is 9.57. The Labute approximate surface area is 121 Å². The Morgan fingerprint density at radius 1 is 1.25 bits per heavy atom. The maximum atomic E-state index is 12.3. The van der Waals surface area contributed by atoms with Crippen LogP contribution in [0.5, 0.6) is 0 Å². The van der Waals surface area contributed by atoms with Crippen molar-refractivity contribution in [2.24, 2.45) is 5.73 Å². The van der Waals surface area contributed by atoms with Gasteiger partial charge in [0.1, 0.15) is 0 Å². The van der Waals surface area contributed by atoms with E-state index in [-0.39, 0.29) is 12.4 Å². The second-order valence-corrected chi connectivity index (χ2v) is 6.56. The van der Waals surface area contributed by atoms with E-state index in [9.17, 15) is 8.42 Å². The van der Waals surface area contributed by atoms with E-state index >= 15 is 0 Å². The molecule has 0 saturated heterocycles. The summed E-state index contributed by atoms with van der Waals surface area (Å²) in [5, 5.41) is 0. The fourth-order valence-electron chi connectivity index (χ4n) is 1.81. The highest BCUT2D eigenvalue weighted by Crippen LogP contribution is 2.10. The van der Waals surface area contributed by atoms with E-state index in [0.29, 0.717) is 32.7 Å². The highest BCUT2D eigenvalue weighted by atomic mass is 32.2. The number of nitrogens with two attached hydrogens (primary N) is 1. The van der Waals surface area contributed by atoms with E-state index < -0.39 is 10.0 Å². The van der Waals surface area contributed by atoms with Gasteiger partial charge >= 0.3 is 0 Å². The largest absolute Gasteiger partial charge is 0.381 e. The van der Waals surface area contributed by atoms with Crippen LogP contribution in [-0.2, 0) is 21.3 Å². The molecule has 0 unspecified atom stereocenters. The summed E-state index contributed by atoms with van der Waals surface area (Å²) in [6.07, 6.45) is 0.653. The lowest BCUT2D eigenvalue weighted by Gasteiger charge is -2.22. The summed E-state index contributed by atoms with van der Waals surface area (Å²) in [5.41, 5.74) is 6.47. The highest BCUT2D eigenvalue weighted by molar-refractivity contribution is 7.89. The van der Waals surface area contributed by atoms with Gasteiger partial charge in [0, 0.05) is 19.7 Å². The van der Waals surface area contributed by atoms with Crippen molar-refractivity contribution in [3.63, 3.8) is 0 Å². The third kappa shape index (κ3) is 6.00. The average Bonchev–Trinajstić information content (AvgIpc) is 2.44. The third-order valence-corrected chi connectivity index (χ3v) is 4.68. The van der Waals surface area contributed by atoms with Gasteiger partial charge in [-0.3, -0.25) is 0 Å². The van der Waals surface area contributed by atoms with Crippen LogP contribution in [0.25, 0.3) is 0 Å². The van der Waals surface area contributed by atoms with Crippen LogP contribution in [0.15, 0.2) is 30.3 Å². The zero-order valence-corrected chi connectivity index (χ0v) is 12.8. The number of hydrogen-bond acceptors (Lipinski definition) is 4. The van der Waals surface area contributed by atoms with Crippen LogP contribution in [0.3, 0.4) is 0 Å². The molecule has 0 aliphatic carbocycles. The Morgan fingerprint density at radius 2 is 1.95 bits per heavy atom. The van der Waals surface area contributed by atoms with Crippen LogP contribution in [0.2, 0.25) is 0 Å². The Balaban J connectivity index is 2.72. The quantitative estimate of drug-likeness (QED) is 0.659. The average molecular weight is 300 g/mol. The fourth-order valence-corrected chi connectivity index (χ4v) is 3.15. The van der Waals surface area contributed by atoms with Gasteiger partial charge in [-0.15, -0.1) is 0 Å². The van der Waals surface area contributed by atoms with Gasteiger partial charge < -0.3 is 10.5 Å². The summed E-state index contributed by atoms with van der Waals surface area (Å²) in [4.78, 5) is 0. The van der Waals surface area contributed by atoms with E-state index in [4.69, 9.17) is 10.5 Å². The molecule has 0 aliphatic rings. The molecule has 0 atom stereocenters. The number of nitrogens with zero attached hydrogens (tertiary/aromatic N) is 1. The molecule has 5 nitrogen and oxygen atoms in total. The van der Waals surface area contributed by atoms with Crippen molar-refractivity contribution in [3.8, 4) is 0 Å². The molecule has 1 aromatic carbocycles. The Kier molecular flexibility index (Phi) is 7.76. The van der Waals surface area contributed by atoms with E-state index in [1.165, 1.54) is 4.31 Å². The molecule has 20 heavy (non-hydrogen) atoms. The van der Waals surface area contributed by atoms with E-state index in [1.54, 1.807) is 0 Å². The topological polar surface area (TPSA) is 72.6 Å². The van der Waals surface area contributed by atoms with Gasteiger partial charge in [0.25, 0.3) is 0 Å². The lowest BCUT2D eigenvalue weighted by atomic mass is 10.2. The van der Waals surface area contributed by atoms with Crippen molar-refractivity contribution >= 4 is 10.0 Å². The monoisotopic (exact) mass is 300 g/mol. The number of benzene rings is 1. The maximum Gasteiger partial charge on any atom is 0.216 e. The van der Waals surface area contributed by atoms with Crippen molar-refractivity contribution in [1.29, 1.82) is 0 Å². The first-order valence-electron chi connectivity index (χ1n) is 6.89. The second kappa shape index (κ2) is 9.07. The van der Waals surface area contributed by atoms with E-state index in [0.717, 1.165) is 5.56 Å². The van der Waals surface area contributed by atoms with Crippen LogP contribution in [0, 0.1) is 0 Å². The van der Waals surface area contributed by atoms with Crippen LogP contribution < -0.4 is 5.73 Å². The number of hydrogen-bond donors (Lipinski definition) is 1. The van der Waals surface area contributed by atoms with Crippen molar-refractivity contribution in [3.05, 3.63) is 35.9 Å². The van der Waals surface area contributed by atoms with Crippen molar-refractivity contribution in [2.75, 3.05) is 32.1 Å². The molecule has 0 fully saturated rings. The first-order valence-corrected chi connectivity index (χ1v) is 8.50. The minimum atomic E-state index is -3.31. The molecule has 0 heterocycles. The molecule has 1 aromatic rings. The predicted octanol–water partition coefficient (Wildman–Crippen LogP) is 1.20. The summed E-state index contributed by atoms with van der Waals surface area (Å²) in [5.74, 6) is 0.0121. The summed E-state index contributed by atoms with van der Waals surface area (Å²) >= 11 is 0. The number of sulfonamides is 1. The molecule has 6 heteroatoms. The van der Waals surface area contributed by atoms with Crippen LogP contribution in [0.4, 0.5) is 0 Å². The predicted molar refractivity (Wildman–Crippen MR) is 80.8 cm³/mol. The normalized spacial score (nSPS) is 11.9. The molecule has 2 N–H and O–H groups in total. The molecule has 0 bridgehead atoms. The molecular formula is C14H24N2O3S. The molecule has 114 valence electrons. The lowest BCUT2D eigenvalue weighted by molar-refractivity contribution is 0.162. The number of ether oxygens (including phenoxy) is 1. The zero-order chi connectivity index (χ0) is 14.8. The standard InChI is InChI=1S/C14H24N2O3S/c1-2-19-11-12-20(17,18)16(10-6-9-15)13-14-7-4-3-5-8-14/h3-5,7-8H,2,6,9-13,15H2,1H3. The van der Waals surface area contributed by atoms with Crippen molar-refractivity contribution < 1.29 is 13.2 Å². The molecular weight excluding hydrogens is 276 g/mol. The van der Waals surface area contributed by atoms with E-state index in [1.807, 2.05) is 37.3 Å². The molecule has 0 amide bonds. The minimum absolute atomic E-state index is 0.0121. The van der Waals surface area contributed by atoms with Crippen LogP contribution >= 0.6 is 0 Å². The number of rotatable bonds is 10. The summed E-state index contributed by atoms with van der Waals surface area (Å²) in [6.45, 7) is 3.91. The minimum Gasteiger partial charge on any atom is -0.381 e. The summed E-state index contributed by atoms with van der Waals surface area (Å²) in [7, 11) is -3.31. The van der Waals surface area contributed by atoms with Gasteiger partial charge in [0.2, 0.25) is 10.0 Å². The Bertz CT molecular complexity index is 463. The van der Waals surface area contributed by atoms with Crippen LogP contribution in [-0.4, -0.2) is 44.8 Å². The lowest BCUT2D eigenvalue weighted by Crippen LogP contribution is -2.35. The van der Waals surface area contributed by atoms with Gasteiger partial charge in [0.05, 0.1) is 12.4 Å². The summed E-state index contributed by atoms with van der Waals surface area (Å²) < 4.78 is 31.3. The molecule has 0 aromatic heterocycles. The van der Waals surface area contributed by atoms with Gasteiger partial charge in [-0.2, -0.15) is 4.31 Å². The van der Waals surface area contributed by atoms with Crippen LogP contribution in [0.1, 0.15) is 18.9 Å². The van der Waals surface area contributed by atoms with Gasteiger partial charge in [0.15, 0.2) is 0 Å². The van der Waals surface area contributed by atoms with Crippen molar-refractivity contribution in [2.45, 2.75) is 19.9 Å². The zero-order valence-electron chi connectivity index (χ0n) is 12.0. The van der Waals surface area contributed by atoms with Gasteiger partial charge in [-0.25, -0.2) is 8.42 Å². The van der Waals surface area contributed by atoms with E-state index in [2.05, 4.69) is 0 Å². The SMILES string of the molecule is CCOCCS(=O)(=O)N(CCCN)Cc1ccccc1. The van der Waals surface area contributed by atoms with Gasteiger partial charge in [-0.1, -0.05) is 30.3 Å². The molecule has 0 radical (unpaired) electrons. The Hall–Kier alpha value is -0.950. The molecule has 0 saturated carbocycles. The second-order valence-electron chi connectivity index (χ2n) is 4.47. The fraction of sp³-hybridized carbons (Fsp3) is 0.571. The first-order chi connectivity index (χ1) is 9.60. The van der Waals surface area contributed by atoms with Gasteiger partial charge in [-0.05, 0) is 25.5 Å². The smallest absolute Gasteiger partial charge is 0.216 e. The molecule has 1 rings (SSSR count). The molecule has 0 aliphatic heterocycles. The molecule has 0 spiro atoms. The first kappa shape index (κ1) is 17.1. The Morgan fingerprint density at radius 3 is 2.55 bits per heavy atom. The highest BCUT2D eigenvalue weighted by Gasteiger charge is 2.21.